The fourth-order valence-corrected chi connectivity index (χ4v) is 4.31. The second-order valence-corrected chi connectivity index (χ2v) is 7.61. The third-order valence-electron chi connectivity index (χ3n) is 4.08. The molecule has 8 heteroatoms. The highest BCUT2D eigenvalue weighted by molar-refractivity contribution is 7.10. The number of thiophene rings is 2. The lowest BCUT2D eigenvalue weighted by Gasteiger charge is -2.46. The fraction of sp³-hybridized carbons (Fsp3) is 0.500. The predicted octanol–water partition coefficient (Wildman–Crippen LogP) is 2.06. The molecule has 2 aliphatic heterocycles. The second-order valence-electron chi connectivity index (χ2n) is 5.65. The van der Waals surface area contributed by atoms with Gasteiger partial charge in [0.15, 0.2) is 12.6 Å². The first-order valence-corrected chi connectivity index (χ1v) is 9.46. The van der Waals surface area contributed by atoms with Gasteiger partial charge in [-0.3, -0.25) is 0 Å². The summed E-state index contributed by atoms with van der Waals surface area (Å²) in [5.74, 6) is 0. The number of hydrogen-bond acceptors (Lipinski definition) is 8. The van der Waals surface area contributed by atoms with E-state index in [1.165, 1.54) is 11.3 Å². The smallest absolute Gasteiger partial charge is 0.194 e. The van der Waals surface area contributed by atoms with Gasteiger partial charge < -0.3 is 29.2 Å². The molecule has 0 bridgehead atoms. The number of hydrogen-bond donors (Lipinski definition) is 2. The van der Waals surface area contributed by atoms with Crippen LogP contribution in [0.5, 0.6) is 0 Å². The van der Waals surface area contributed by atoms with Crippen LogP contribution in [0.1, 0.15) is 22.3 Å². The Labute approximate surface area is 147 Å². The number of rotatable bonds is 4. The lowest BCUT2D eigenvalue weighted by molar-refractivity contribution is -0.372. The van der Waals surface area contributed by atoms with Crippen LogP contribution >= 0.6 is 22.7 Å². The number of aliphatic hydroxyl groups excluding tert-OH is 2. The molecule has 3 unspecified atom stereocenters. The topological polar surface area (TPSA) is 77.4 Å². The van der Waals surface area contributed by atoms with Crippen molar-refractivity contribution in [2.24, 2.45) is 0 Å². The van der Waals surface area contributed by atoms with Crippen molar-refractivity contribution in [1.82, 2.24) is 0 Å². The van der Waals surface area contributed by atoms with Gasteiger partial charge in [0.1, 0.15) is 24.4 Å². The summed E-state index contributed by atoms with van der Waals surface area (Å²) in [6, 6.07) is 7.69. The molecule has 2 aromatic heterocycles. The molecule has 6 nitrogen and oxygen atoms in total. The minimum absolute atomic E-state index is 0.340. The maximum absolute atomic E-state index is 10.2. The van der Waals surface area contributed by atoms with Gasteiger partial charge in [-0.15, -0.1) is 22.7 Å². The molecule has 0 saturated carbocycles. The molecule has 2 aliphatic rings. The second kappa shape index (κ2) is 7.19. The minimum atomic E-state index is -1.05. The van der Waals surface area contributed by atoms with Gasteiger partial charge in [0.2, 0.25) is 0 Å². The molecule has 24 heavy (non-hydrogen) atoms. The van der Waals surface area contributed by atoms with Gasteiger partial charge >= 0.3 is 0 Å². The number of ether oxygens (including phenoxy) is 4. The standard InChI is InChI=1S/C16H18O6S2/c17-7-9(18)13-14-10(20-16(21-13)12-4-2-6-24-12)8-19-15(22-14)11-3-1-5-23-11/h1-6,9-10,13-18H,7-8H2/t9?,10-,13+,14+,15?,16?/m0/s1. The van der Waals surface area contributed by atoms with E-state index in [1.54, 1.807) is 11.3 Å². The quantitative estimate of drug-likeness (QED) is 0.858. The highest BCUT2D eigenvalue weighted by Crippen LogP contribution is 2.40. The molecule has 0 aliphatic carbocycles. The highest BCUT2D eigenvalue weighted by atomic mass is 32.1. The summed E-state index contributed by atoms with van der Waals surface area (Å²) in [6.45, 7) is -0.0634. The monoisotopic (exact) mass is 370 g/mol. The van der Waals surface area contributed by atoms with E-state index in [0.29, 0.717) is 6.61 Å². The van der Waals surface area contributed by atoms with Gasteiger partial charge in [-0.2, -0.15) is 0 Å². The van der Waals surface area contributed by atoms with Crippen molar-refractivity contribution in [3.05, 3.63) is 44.8 Å². The normalized spacial score (nSPS) is 34.7. The molecule has 0 aromatic carbocycles. The summed E-state index contributed by atoms with van der Waals surface area (Å²) in [4.78, 5) is 1.86. The molecular weight excluding hydrogens is 352 g/mol. The zero-order valence-corrected chi connectivity index (χ0v) is 14.3. The van der Waals surface area contributed by atoms with Crippen molar-refractivity contribution in [3.63, 3.8) is 0 Å². The average molecular weight is 370 g/mol. The Hall–Kier alpha value is -0.840. The Morgan fingerprint density at radius 3 is 2.38 bits per heavy atom. The Morgan fingerprint density at radius 2 is 1.75 bits per heavy atom. The van der Waals surface area contributed by atoms with Crippen LogP contribution in [0.15, 0.2) is 35.0 Å². The van der Waals surface area contributed by atoms with Gasteiger partial charge in [0, 0.05) is 0 Å². The Balaban J connectivity index is 1.55. The van der Waals surface area contributed by atoms with Crippen LogP contribution in [-0.2, 0) is 18.9 Å². The van der Waals surface area contributed by atoms with Crippen molar-refractivity contribution in [1.29, 1.82) is 0 Å². The first-order chi connectivity index (χ1) is 11.8. The SMILES string of the molecule is OCC(O)[C@H]1OC(c2cccs2)O[C@H]2COC(c3cccs3)O[C@H]21. The van der Waals surface area contributed by atoms with Gasteiger partial charge in [-0.25, -0.2) is 0 Å². The molecule has 2 saturated heterocycles. The number of aliphatic hydroxyl groups is 2. The van der Waals surface area contributed by atoms with E-state index >= 15 is 0 Å². The zero-order valence-electron chi connectivity index (χ0n) is 12.7. The summed E-state index contributed by atoms with van der Waals surface area (Å²) < 4.78 is 23.7. The molecular formula is C16H18O6S2. The summed E-state index contributed by atoms with van der Waals surface area (Å²) in [7, 11) is 0. The maximum atomic E-state index is 10.2. The predicted molar refractivity (Wildman–Crippen MR) is 87.8 cm³/mol. The first-order valence-electron chi connectivity index (χ1n) is 7.70. The third kappa shape index (κ3) is 3.16. The van der Waals surface area contributed by atoms with Crippen LogP contribution in [0, 0.1) is 0 Å². The largest absolute Gasteiger partial charge is 0.394 e. The lowest BCUT2D eigenvalue weighted by Crippen LogP contribution is -2.58. The summed E-state index contributed by atoms with van der Waals surface area (Å²) in [5, 5.41) is 23.5. The van der Waals surface area contributed by atoms with Crippen LogP contribution in [0.4, 0.5) is 0 Å². The Kier molecular flexibility index (Phi) is 4.98. The highest BCUT2D eigenvalue weighted by Gasteiger charge is 2.48. The average Bonchev–Trinajstić information content (AvgIpc) is 3.32. The van der Waals surface area contributed by atoms with Gasteiger partial charge in [-0.05, 0) is 22.9 Å². The van der Waals surface area contributed by atoms with Crippen LogP contribution in [0.2, 0.25) is 0 Å². The van der Waals surface area contributed by atoms with Crippen molar-refractivity contribution in [2.45, 2.75) is 37.0 Å². The molecule has 6 atom stereocenters. The van der Waals surface area contributed by atoms with E-state index in [-0.39, 0.29) is 6.10 Å². The van der Waals surface area contributed by atoms with Gasteiger partial charge in [0.25, 0.3) is 0 Å². The van der Waals surface area contributed by atoms with Crippen molar-refractivity contribution in [3.8, 4) is 0 Å². The lowest BCUT2D eigenvalue weighted by atomic mass is 10.0. The van der Waals surface area contributed by atoms with E-state index in [9.17, 15) is 10.2 Å². The van der Waals surface area contributed by atoms with Crippen LogP contribution < -0.4 is 0 Å². The Morgan fingerprint density at radius 1 is 1.04 bits per heavy atom. The first kappa shape index (κ1) is 16.6. The summed E-state index contributed by atoms with van der Waals surface area (Å²) >= 11 is 3.06. The van der Waals surface area contributed by atoms with Crippen LogP contribution in [0.25, 0.3) is 0 Å². The van der Waals surface area contributed by atoms with Crippen molar-refractivity contribution in [2.75, 3.05) is 13.2 Å². The number of fused-ring (bicyclic) bond motifs is 1. The van der Waals surface area contributed by atoms with Crippen molar-refractivity contribution < 1.29 is 29.2 Å². The van der Waals surface area contributed by atoms with E-state index in [0.717, 1.165) is 9.75 Å². The summed E-state index contributed by atoms with van der Waals surface area (Å²) in [6.07, 6.45) is -3.72. The minimum Gasteiger partial charge on any atom is -0.394 e. The molecule has 130 valence electrons. The van der Waals surface area contributed by atoms with E-state index in [2.05, 4.69) is 0 Å². The molecule has 0 radical (unpaired) electrons. The molecule has 2 aromatic rings. The van der Waals surface area contributed by atoms with Gasteiger partial charge in [0.05, 0.1) is 23.0 Å². The third-order valence-corrected chi connectivity index (χ3v) is 5.87. The molecule has 2 fully saturated rings. The van der Waals surface area contributed by atoms with E-state index in [1.807, 2.05) is 35.0 Å². The molecule has 0 spiro atoms. The maximum Gasteiger partial charge on any atom is 0.194 e. The van der Waals surface area contributed by atoms with Crippen LogP contribution in [-0.4, -0.2) is 47.8 Å². The molecule has 2 N–H and O–H groups in total. The van der Waals surface area contributed by atoms with E-state index in [4.69, 9.17) is 18.9 Å². The molecule has 0 amide bonds. The molecule has 4 rings (SSSR count). The fourth-order valence-electron chi connectivity index (χ4n) is 2.91. The Bertz CT molecular complexity index is 629. The molecule has 4 heterocycles. The summed E-state index contributed by atoms with van der Waals surface area (Å²) in [5.41, 5.74) is 0. The zero-order chi connectivity index (χ0) is 16.5. The van der Waals surface area contributed by atoms with Crippen molar-refractivity contribution >= 4 is 22.7 Å². The van der Waals surface area contributed by atoms with E-state index < -0.39 is 37.5 Å². The van der Waals surface area contributed by atoms with Gasteiger partial charge in [-0.1, -0.05) is 12.1 Å². The van der Waals surface area contributed by atoms with Crippen LogP contribution in [0.3, 0.4) is 0 Å².